The van der Waals surface area contributed by atoms with Crippen molar-refractivity contribution in [2.75, 3.05) is 100 Å². The summed E-state index contributed by atoms with van der Waals surface area (Å²) in [6.07, 6.45) is 10.6. The van der Waals surface area contributed by atoms with Crippen molar-refractivity contribution in [3.05, 3.63) is 0 Å². The van der Waals surface area contributed by atoms with Crippen LogP contribution in [0.15, 0.2) is 0 Å². The van der Waals surface area contributed by atoms with Gasteiger partial charge in [-0.3, -0.25) is 0 Å². The number of hydrogen-bond acceptors (Lipinski definition) is 8. The van der Waals surface area contributed by atoms with Crippen LogP contribution < -0.4 is 5.32 Å². The van der Waals surface area contributed by atoms with E-state index in [-0.39, 0.29) is 22.3 Å². The van der Waals surface area contributed by atoms with Gasteiger partial charge in [0.05, 0.1) is 36.6 Å². The van der Waals surface area contributed by atoms with Crippen molar-refractivity contribution in [2.24, 2.45) is 11.8 Å². The zero-order valence-electron chi connectivity index (χ0n) is 37.7. The van der Waals surface area contributed by atoms with E-state index < -0.39 is 0 Å². The van der Waals surface area contributed by atoms with Crippen molar-refractivity contribution in [1.29, 1.82) is 0 Å². The van der Waals surface area contributed by atoms with Crippen LogP contribution in [0.4, 0.5) is 0 Å². The predicted octanol–water partition coefficient (Wildman–Crippen LogP) is 8.29. The quantitative estimate of drug-likeness (QED) is 0.214. The molecule has 0 aromatic rings. The monoisotopic (exact) mass is 728 g/mol. The first kappa shape index (κ1) is 50.7. The molecule has 3 saturated heterocycles. The maximum atomic E-state index is 5.83. The number of rotatable bonds is 11. The molecule has 8 heteroatoms. The first-order chi connectivity index (χ1) is 23.4. The van der Waals surface area contributed by atoms with Gasteiger partial charge < -0.3 is 39.1 Å². The summed E-state index contributed by atoms with van der Waals surface area (Å²) in [5, 5.41) is 3.45. The molecule has 8 nitrogen and oxygen atoms in total. The van der Waals surface area contributed by atoms with Crippen LogP contribution in [0.2, 0.25) is 0 Å². The van der Waals surface area contributed by atoms with Gasteiger partial charge in [-0.25, -0.2) is 0 Å². The fourth-order valence-corrected chi connectivity index (χ4v) is 6.28. The largest absolute Gasteiger partial charge is 0.376 e. The number of ether oxygens (including phenoxy) is 3. The molecule has 3 heterocycles. The van der Waals surface area contributed by atoms with E-state index in [0.717, 1.165) is 38.2 Å². The van der Waals surface area contributed by atoms with E-state index in [4.69, 9.17) is 14.2 Å². The Bertz CT molecular complexity index is 827. The van der Waals surface area contributed by atoms with Crippen LogP contribution in [-0.2, 0) is 14.2 Å². The maximum absolute atomic E-state index is 5.83. The van der Waals surface area contributed by atoms with Gasteiger partial charge in [-0.1, -0.05) is 13.3 Å². The highest BCUT2D eigenvalue weighted by Crippen LogP contribution is 2.20. The third-order valence-corrected chi connectivity index (χ3v) is 9.34. The highest BCUT2D eigenvalue weighted by atomic mass is 16.5. The van der Waals surface area contributed by atoms with Crippen molar-refractivity contribution >= 4 is 0 Å². The molecular weight excluding hydrogens is 635 g/mol. The van der Waals surface area contributed by atoms with Crippen molar-refractivity contribution in [2.45, 2.75) is 170 Å². The summed E-state index contributed by atoms with van der Waals surface area (Å²) in [6, 6.07) is 0.646. The lowest BCUT2D eigenvalue weighted by Crippen LogP contribution is -2.41. The molecule has 3 atom stereocenters. The minimum absolute atomic E-state index is 0.0122. The third-order valence-electron chi connectivity index (χ3n) is 9.34. The van der Waals surface area contributed by atoms with Crippen LogP contribution >= 0.6 is 0 Å². The molecule has 3 aliphatic rings. The van der Waals surface area contributed by atoms with Gasteiger partial charge in [0.2, 0.25) is 0 Å². The Balaban J connectivity index is 0.000000656. The predicted molar refractivity (Wildman–Crippen MR) is 223 cm³/mol. The molecule has 308 valence electrons. The first-order valence-electron chi connectivity index (χ1n) is 20.8. The summed E-state index contributed by atoms with van der Waals surface area (Å²) in [7, 11) is 8.62. The molecule has 0 radical (unpaired) electrons. The molecule has 0 aromatic heterocycles. The van der Waals surface area contributed by atoms with Gasteiger partial charge in [0.15, 0.2) is 0 Å². The molecule has 0 bridgehead atoms. The van der Waals surface area contributed by atoms with Crippen molar-refractivity contribution < 1.29 is 14.2 Å². The van der Waals surface area contributed by atoms with Crippen LogP contribution in [0.3, 0.4) is 0 Å². The standard InChI is InChI=1S/C12H25NO.2C11H23NO.C9H22N2/c1-5-13-8-6-7-11(9-13)10-14-12(2,3)4;1-11(2,3)13-9-10-6-5-7-12(4)8-10;1-11(2,3)13-9-10-7-5-6-8-12(10)4;1-9(2,3)10-7-6-8-11(4)5/h11H,5-10H2,1-4H3;2*10H,5-9H2,1-4H3;10H,6-8H2,1-5H3. The molecule has 3 aliphatic heterocycles. The van der Waals surface area contributed by atoms with Crippen LogP contribution in [0.1, 0.15) is 141 Å². The molecule has 0 spiro atoms. The van der Waals surface area contributed by atoms with Crippen molar-refractivity contribution in [1.82, 2.24) is 24.9 Å². The van der Waals surface area contributed by atoms with Crippen LogP contribution in [0.25, 0.3) is 0 Å². The second kappa shape index (κ2) is 25.7. The lowest BCUT2D eigenvalue weighted by Gasteiger charge is -2.34. The van der Waals surface area contributed by atoms with E-state index >= 15 is 0 Å². The normalized spacial score (nSPS) is 23.1. The number of hydrogen-bond donors (Lipinski definition) is 1. The molecule has 0 saturated carbocycles. The van der Waals surface area contributed by atoms with Gasteiger partial charge in [0, 0.05) is 24.7 Å². The molecule has 0 aliphatic carbocycles. The van der Waals surface area contributed by atoms with Crippen molar-refractivity contribution in [3.8, 4) is 0 Å². The fourth-order valence-electron chi connectivity index (χ4n) is 6.28. The highest BCUT2D eigenvalue weighted by Gasteiger charge is 2.23. The summed E-state index contributed by atoms with van der Waals surface area (Å²) >= 11 is 0. The fraction of sp³-hybridized carbons (Fsp3) is 1.00. The topological polar surface area (TPSA) is 52.7 Å². The Hall–Kier alpha value is -0.320. The van der Waals surface area contributed by atoms with E-state index in [1.54, 1.807) is 0 Å². The molecule has 1 N–H and O–H groups in total. The molecule has 0 amide bonds. The number of nitrogens with zero attached hydrogens (tertiary/aromatic N) is 4. The summed E-state index contributed by atoms with van der Waals surface area (Å²) in [4.78, 5) is 9.57. The SMILES string of the molecule is CCN1CCCC(COC(C)(C)C)C1.CN(C)CCCNC(C)(C)C.CN1CCCC(COC(C)(C)C)C1.CN1CCCCC1COC(C)(C)C. The van der Waals surface area contributed by atoms with Gasteiger partial charge >= 0.3 is 0 Å². The summed E-state index contributed by atoms with van der Waals surface area (Å²) < 4.78 is 17.4. The second-order valence-electron chi connectivity index (χ2n) is 19.9. The molecule has 3 fully saturated rings. The average molecular weight is 728 g/mol. The Morgan fingerprint density at radius 3 is 1.59 bits per heavy atom. The first-order valence-corrected chi connectivity index (χ1v) is 20.8. The van der Waals surface area contributed by atoms with Gasteiger partial charge in [-0.05, 0) is 207 Å². The van der Waals surface area contributed by atoms with E-state index in [9.17, 15) is 0 Å². The highest BCUT2D eigenvalue weighted by molar-refractivity contribution is 4.76. The lowest BCUT2D eigenvalue weighted by molar-refractivity contribution is -0.0380. The van der Waals surface area contributed by atoms with Gasteiger partial charge in [-0.15, -0.1) is 0 Å². The average Bonchev–Trinajstić information content (AvgIpc) is 3.00. The Morgan fingerprint density at radius 2 is 1.14 bits per heavy atom. The van der Waals surface area contributed by atoms with E-state index in [1.165, 1.54) is 97.2 Å². The molecule has 3 rings (SSSR count). The van der Waals surface area contributed by atoms with Crippen molar-refractivity contribution in [3.63, 3.8) is 0 Å². The molecular formula is C43H93N5O3. The number of likely N-dealkylation sites (tertiary alicyclic amines) is 3. The Morgan fingerprint density at radius 1 is 0.627 bits per heavy atom. The molecule has 3 unspecified atom stereocenters. The Kier molecular flexibility index (Phi) is 25.5. The summed E-state index contributed by atoms with van der Waals surface area (Å²) in [6.45, 7) is 40.4. The smallest absolute Gasteiger partial charge is 0.0628 e. The lowest BCUT2D eigenvalue weighted by atomic mass is 9.99. The number of nitrogens with one attached hydrogen (secondary N) is 1. The number of piperidine rings is 3. The maximum Gasteiger partial charge on any atom is 0.0628 e. The van der Waals surface area contributed by atoms with Gasteiger partial charge in [-0.2, -0.15) is 0 Å². The minimum atomic E-state index is 0.0122. The summed E-state index contributed by atoms with van der Waals surface area (Å²) in [5.41, 5.74) is 0.328. The van der Waals surface area contributed by atoms with E-state index in [2.05, 4.69) is 143 Å². The minimum Gasteiger partial charge on any atom is -0.376 e. The van der Waals surface area contributed by atoms with E-state index in [0.29, 0.717) is 6.04 Å². The summed E-state index contributed by atoms with van der Waals surface area (Å²) in [5.74, 6) is 1.50. The van der Waals surface area contributed by atoms with Crippen LogP contribution in [-0.4, -0.2) is 148 Å². The Labute approximate surface area is 320 Å². The zero-order valence-corrected chi connectivity index (χ0v) is 37.7. The van der Waals surface area contributed by atoms with Crippen LogP contribution in [0.5, 0.6) is 0 Å². The van der Waals surface area contributed by atoms with Gasteiger partial charge in [0.25, 0.3) is 0 Å². The second-order valence-corrected chi connectivity index (χ2v) is 19.9. The number of likely N-dealkylation sites (N-methyl/N-ethyl adjacent to an activating group) is 1. The third kappa shape index (κ3) is 32.8. The van der Waals surface area contributed by atoms with Gasteiger partial charge in [0.1, 0.15) is 0 Å². The molecule has 51 heavy (non-hydrogen) atoms. The zero-order chi connectivity index (χ0) is 39.3. The van der Waals surface area contributed by atoms with Crippen LogP contribution in [0, 0.1) is 11.8 Å². The molecule has 0 aromatic carbocycles. The van der Waals surface area contributed by atoms with E-state index in [1.807, 2.05) is 0 Å².